The van der Waals surface area contributed by atoms with Crippen molar-refractivity contribution in [2.24, 2.45) is 0 Å². The van der Waals surface area contributed by atoms with Crippen LogP contribution in [0.15, 0.2) is 47.4 Å². The van der Waals surface area contributed by atoms with Crippen LogP contribution in [0, 0.1) is 5.82 Å². The molecular formula is C22H27FN2O6S. The van der Waals surface area contributed by atoms with Gasteiger partial charge in [-0.15, -0.1) is 0 Å². The normalized spacial score (nSPS) is 12.2. The smallest absolute Gasteiger partial charge is 0.338 e. The van der Waals surface area contributed by atoms with Gasteiger partial charge in [0.1, 0.15) is 0 Å². The Morgan fingerprint density at radius 1 is 1.16 bits per heavy atom. The summed E-state index contributed by atoms with van der Waals surface area (Å²) in [7, 11) is -0.824. The second-order valence-electron chi connectivity index (χ2n) is 7.25. The first-order valence-corrected chi connectivity index (χ1v) is 11.4. The standard InChI is InChI=1S/C22H27FN2O6S/c1-5-15(2)24-32(28,29)18-9-7-17(8-10-18)22(27)31-14-21(26)25(3)13-16-6-11-20(30-4)19(23)12-16/h6-12,15,24H,5,13-14H2,1-4H3. The van der Waals surface area contributed by atoms with Crippen molar-refractivity contribution < 1.29 is 31.9 Å². The molecule has 2 aromatic carbocycles. The van der Waals surface area contributed by atoms with Gasteiger partial charge in [0, 0.05) is 19.6 Å². The Morgan fingerprint density at radius 2 is 1.81 bits per heavy atom. The van der Waals surface area contributed by atoms with Gasteiger partial charge >= 0.3 is 5.97 Å². The SMILES string of the molecule is CCC(C)NS(=O)(=O)c1ccc(C(=O)OCC(=O)N(C)Cc2ccc(OC)c(F)c2)cc1. The summed E-state index contributed by atoms with van der Waals surface area (Å²) in [6.07, 6.45) is 0.638. The highest BCUT2D eigenvalue weighted by molar-refractivity contribution is 7.89. The van der Waals surface area contributed by atoms with E-state index in [4.69, 9.17) is 9.47 Å². The first-order chi connectivity index (χ1) is 15.1. The Hall–Kier alpha value is -2.98. The van der Waals surface area contributed by atoms with E-state index in [1.807, 2.05) is 6.92 Å². The third-order valence-electron chi connectivity index (χ3n) is 4.76. The zero-order valence-corrected chi connectivity index (χ0v) is 19.2. The second-order valence-corrected chi connectivity index (χ2v) is 8.96. The maximum Gasteiger partial charge on any atom is 0.338 e. The molecule has 1 atom stereocenters. The third-order valence-corrected chi connectivity index (χ3v) is 6.36. The molecule has 32 heavy (non-hydrogen) atoms. The van der Waals surface area contributed by atoms with Crippen LogP contribution in [0.5, 0.6) is 5.75 Å². The van der Waals surface area contributed by atoms with Crippen LogP contribution < -0.4 is 9.46 Å². The molecule has 1 N–H and O–H groups in total. The number of esters is 1. The quantitative estimate of drug-likeness (QED) is 0.540. The maximum atomic E-state index is 13.8. The molecule has 0 spiro atoms. The molecular weight excluding hydrogens is 439 g/mol. The zero-order chi connectivity index (χ0) is 23.9. The molecule has 2 aromatic rings. The molecule has 10 heteroatoms. The number of nitrogens with zero attached hydrogens (tertiary/aromatic N) is 1. The lowest BCUT2D eigenvalue weighted by atomic mass is 10.2. The number of sulfonamides is 1. The molecule has 0 bridgehead atoms. The van der Waals surface area contributed by atoms with E-state index in [-0.39, 0.29) is 28.8 Å². The van der Waals surface area contributed by atoms with Crippen LogP contribution in [-0.4, -0.2) is 52.0 Å². The predicted molar refractivity (Wildman–Crippen MR) is 116 cm³/mol. The Labute approximate surface area is 187 Å². The number of likely N-dealkylation sites (N-methyl/N-ethyl adjacent to an activating group) is 1. The van der Waals surface area contributed by atoms with Crippen molar-refractivity contribution in [3.63, 3.8) is 0 Å². The summed E-state index contributed by atoms with van der Waals surface area (Å²) in [6.45, 7) is 3.22. The first-order valence-electron chi connectivity index (χ1n) is 9.93. The average molecular weight is 467 g/mol. The maximum absolute atomic E-state index is 13.8. The number of carbonyl (C=O) groups excluding carboxylic acids is 2. The highest BCUT2D eigenvalue weighted by atomic mass is 32.2. The number of hydrogen-bond acceptors (Lipinski definition) is 6. The monoisotopic (exact) mass is 466 g/mol. The minimum Gasteiger partial charge on any atom is -0.494 e. The number of ether oxygens (including phenoxy) is 2. The molecule has 0 saturated carbocycles. The first kappa shape index (κ1) is 25.3. The van der Waals surface area contributed by atoms with Crippen LogP contribution >= 0.6 is 0 Å². The lowest BCUT2D eigenvalue weighted by Gasteiger charge is -2.17. The van der Waals surface area contributed by atoms with Crippen LogP contribution in [0.2, 0.25) is 0 Å². The van der Waals surface area contributed by atoms with Gasteiger partial charge in [0.05, 0.1) is 17.6 Å². The van der Waals surface area contributed by atoms with E-state index in [0.717, 1.165) is 0 Å². The van der Waals surface area contributed by atoms with E-state index in [1.54, 1.807) is 13.0 Å². The van der Waals surface area contributed by atoms with Gasteiger partial charge in [0.25, 0.3) is 5.91 Å². The summed E-state index contributed by atoms with van der Waals surface area (Å²) in [4.78, 5) is 25.8. The average Bonchev–Trinajstić information content (AvgIpc) is 2.77. The van der Waals surface area contributed by atoms with Crippen molar-refractivity contribution in [3.05, 3.63) is 59.4 Å². The highest BCUT2D eigenvalue weighted by Gasteiger charge is 2.18. The van der Waals surface area contributed by atoms with Crippen molar-refractivity contribution in [2.45, 2.75) is 37.8 Å². The number of methoxy groups -OCH3 is 1. The van der Waals surface area contributed by atoms with Crippen molar-refractivity contribution in [1.29, 1.82) is 0 Å². The van der Waals surface area contributed by atoms with Gasteiger partial charge in [0.15, 0.2) is 18.2 Å². The van der Waals surface area contributed by atoms with Gasteiger partial charge < -0.3 is 14.4 Å². The number of hydrogen-bond donors (Lipinski definition) is 1. The number of halogens is 1. The van der Waals surface area contributed by atoms with E-state index in [9.17, 15) is 22.4 Å². The van der Waals surface area contributed by atoms with E-state index in [0.29, 0.717) is 12.0 Å². The Morgan fingerprint density at radius 3 is 2.38 bits per heavy atom. The van der Waals surface area contributed by atoms with Crippen molar-refractivity contribution >= 4 is 21.9 Å². The topological polar surface area (TPSA) is 102 Å². The summed E-state index contributed by atoms with van der Waals surface area (Å²) >= 11 is 0. The van der Waals surface area contributed by atoms with Crippen LogP contribution in [0.25, 0.3) is 0 Å². The van der Waals surface area contributed by atoms with E-state index in [1.165, 1.54) is 55.5 Å². The molecule has 0 saturated heterocycles. The molecule has 1 unspecified atom stereocenters. The summed E-state index contributed by atoms with van der Waals surface area (Å²) < 4.78 is 50.7. The molecule has 0 fully saturated rings. The molecule has 0 aliphatic rings. The molecule has 0 heterocycles. The van der Waals surface area contributed by atoms with Gasteiger partial charge in [-0.25, -0.2) is 22.3 Å². The van der Waals surface area contributed by atoms with Crippen LogP contribution in [0.4, 0.5) is 4.39 Å². The Bertz CT molecular complexity index is 1060. The minimum atomic E-state index is -3.69. The van der Waals surface area contributed by atoms with Crippen LogP contribution in [0.3, 0.4) is 0 Å². The summed E-state index contributed by atoms with van der Waals surface area (Å²) in [5, 5.41) is 0. The van der Waals surface area contributed by atoms with Crippen LogP contribution in [0.1, 0.15) is 36.2 Å². The third kappa shape index (κ3) is 6.76. The van der Waals surface area contributed by atoms with Crippen molar-refractivity contribution in [2.75, 3.05) is 20.8 Å². The fourth-order valence-electron chi connectivity index (χ4n) is 2.68. The van der Waals surface area contributed by atoms with Gasteiger partial charge in [-0.3, -0.25) is 4.79 Å². The summed E-state index contributed by atoms with van der Waals surface area (Å²) in [5.41, 5.74) is 0.661. The zero-order valence-electron chi connectivity index (χ0n) is 18.4. The molecule has 8 nitrogen and oxygen atoms in total. The van der Waals surface area contributed by atoms with Crippen molar-refractivity contribution in [1.82, 2.24) is 9.62 Å². The van der Waals surface area contributed by atoms with Gasteiger partial charge in [-0.1, -0.05) is 13.0 Å². The fraction of sp³-hybridized carbons (Fsp3) is 0.364. The number of benzene rings is 2. The molecule has 0 aliphatic heterocycles. The van der Waals surface area contributed by atoms with Crippen LogP contribution in [-0.2, 0) is 26.1 Å². The van der Waals surface area contributed by atoms with Crippen molar-refractivity contribution in [3.8, 4) is 5.75 Å². The number of carbonyl (C=O) groups is 2. The highest BCUT2D eigenvalue weighted by Crippen LogP contribution is 2.18. The second kappa shape index (κ2) is 11.1. The molecule has 0 aromatic heterocycles. The van der Waals surface area contributed by atoms with E-state index < -0.39 is 34.3 Å². The molecule has 0 aliphatic carbocycles. The summed E-state index contributed by atoms with van der Waals surface area (Å²) in [5.74, 6) is -1.68. The van der Waals surface area contributed by atoms with E-state index in [2.05, 4.69) is 4.72 Å². The minimum absolute atomic E-state index is 0.0249. The molecule has 0 radical (unpaired) electrons. The summed E-state index contributed by atoms with van der Waals surface area (Å²) in [6, 6.07) is 9.38. The van der Waals surface area contributed by atoms with E-state index >= 15 is 0 Å². The largest absolute Gasteiger partial charge is 0.494 e. The lowest BCUT2D eigenvalue weighted by Crippen LogP contribution is -2.32. The number of nitrogens with one attached hydrogen (secondary N) is 1. The Kier molecular flexibility index (Phi) is 8.73. The molecule has 1 amide bonds. The lowest BCUT2D eigenvalue weighted by molar-refractivity contribution is -0.133. The Balaban J connectivity index is 1.92. The number of rotatable bonds is 10. The molecule has 174 valence electrons. The molecule has 2 rings (SSSR count). The fourth-order valence-corrected chi connectivity index (χ4v) is 4.00. The van der Waals surface area contributed by atoms with Gasteiger partial charge in [-0.2, -0.15) is 0 Å². The van der Waals surface area contributed by atoms with Gasteiger partial charge in [0.2, 0.25) is 10.0 Å². The number of amides is 1. The predicted octanol–water partition coefficient (Wildman–Crippen LogP) is 2.73. The van der Waals surface area contributed by atoms with Gasteiger partial charge in [-0.05, 0) is 55.3 Å².